The number of hydrogen-bond donors (Lipinski definition) is 0. The largest absolute Gasteiger partial charge is 0.492 e. The van der Waals surface area contributed by atoms with Gasteiger partial charge in [0, 0.05) is 15.8 Å². The van der Waals surface area contributed by atoms with Crippen LogP contribution in [0.2, 0.25) is 15.1 Å². The van der Waals surface area contributed by atoms with E-state index in [-0.39, 0.29) is 5.25 Å². The van der Waals surface area contributed by atoms with Gasteiger partial charge in [-0.3, -0.25) is 0 Å². The Kier molecular flexibility index (Phi) is 6.84. The Morgan fingerprint density at radius 1 is 0.952 bits per heavy atom. The molecule has 0 aliphatic rings. The summed E-state index contributed by atoms with van der Waals surface area (Å²) in [7, 11) is 0. The Morgan fingerprint density at radius 2 is 1.57 bits per heavy atom. The van der Waals surface area contributed by atoms with E-state index < -0.39 is 0 Å². The molecule has 0 heterocycles. The molecule has 0 radical (unpaired) electrons. The number of alkyl halides is 1. The van der Waals surface area contributed by atoms with Gasteiger partial charge in [0.2, 0.25) is 0 Å². The first-order valence-corrected chi connectivity index (χ1v) is 8.70. The van der Waals surface area contributed by atoms with Crippen molar-refractivity contribution < 1.29 is 4.74 Å². The SMILES string of the molecule is ClCC(COc1ccc(Cl)cc1)Sc1c(Cl)cccc1Cl. The molecule has 0 saturated carbocycles. The maximum atomic E-state index is 6.16. The van der Waals surface area contributed by atoms with Crippen LogP contribution in [0.1, 0.15) is 0 Å². The van der Waals surface area contributed by atoms with Crippen molar-refractivity contribution in [2.24, 2.45) is 0 Å². The molecule has 0 spiro atoms. The number of hydrogen-bond acceptors (Lipinski definition) is 2. The van der Waals surface area contributed by atoms with Gasteiger partial charge in [0.05, 0.1) is 15.3 Å². The van der Waals surface area contributed by atoms with Crippen molar-refractivity contribution in [1.82, 2.24) is 0 Å². The molecule has 0 fully saturated rings. The van der Waals surface area contributed by atoms with Crippen molar-refractivity contribution in [3.8, 4) is 5.75 Å². The van der Waals surface area contributed by atoms with Crippen molar-refractivity contribution in [1.29, 1.82) is 0 Å². The average Bonchev–Trinajstić information content (AvgIpc) is 2.48. The summed E-state index contributed by atoms with van der Waals surface area (Å²) >= 11 is 25.7. The molecule has 0 aromatic heterocycles. The maximum absolute atomic E-state index is 6.16. The first-order chi connectivity index (χ1) is 10.1. The number of thioether (sulfide) groups is 1. The molecular formula is C15H12Cl4OS. The summed E-state index contributed by atoms with van der Waals surface area (Å²) in [5.41, 5.74) is 0. The summed E-state index contributed by atoms with van der Waals surface area (Å²) < 4.78 is 5.72. The number of rotatable bonds is 6. The third-order valence-corrected chi connectivity index (χ3v) is 5.60. The minimum Gasteiger partial charge on any atom is -0.492 e. The summed E-state index contributed by atoms with van der Waals surface area (Å²) in [6.45, 7) is 0.456. The second-order valence-electron chi connectivity index (χ2n) is 4.21. The van der Waals surface area contributed by atoms with Gasteiger partial charge in [-0.05, 0) is 36.4 Å². The molecular weight excluding hydrogens is 370 g/mol. The molecule has 0 aliphatic carbocycles. The zero-order valence-electron chi connectivity index (χ0n) is 10.9. The molecule has 6 heteroatoms. The highest BCUT2D eigenvalue weighted by molar-refractivity contribution is 8.00. The third kappa shape index (κ3) is 5.15. The van der Waals surface area contributed by atoms with Crippen LogP contribution >= 0.6 is 58.2 Å². The van der Waals surface area contributed by atoms with Gasteiger partial charge in [-0.25, -0.2) is 0 Å². The van der Waals surface area contributed by atoms with Crippen LogP contribution in [0.3, 0.4) is 0 Å². The minimum absolute atomic E-state index is 0.0414. The molecule has 0 amide bonds. The van der Waals surface area contributed by atoms with Gasteiger partial charge < -0.3 is 4.74 Å². The predicted molar refractivity (Wildman–Crippen MR) is 93.8 cm³/mol. The second-order valence-corrected chi connectivity index (χ2v) is 7.08. The van der Waals surface area contributed by atoms with Crippen LogP contribution in [0.5, 0.6) is 5.75 Å². The molecule has 2 rings (SSSR count). The maximum Gasteiger partial charge on any atom is 0.119 e. The molecule has 1 nitrogen and oxygen atoms in total. The lowest BCUT2D eigenvalue weighted by molar-refractivity contribution is 0.323. The topological polar surface area (TPSA) is 9.23 Å². The van der Waals surface area contributed by atoms with E-state index in [1.54, 1.807) is 24.3 Å². The fourth-order valence-corrected chi connectivity index (χ4v) is 3.55. The van der Waals surface area contributed by atoms with E-state index in [4.69, 9.17) is 51.1 Å². The monoisotopic (exact) mass is 380 g/mol. The Hall–Kier alpha value is -0.250. The zero-order chi connectivity index (χ0) is 15.2. The Morgan fingerprint density at radius 3 is 2.14 bits per heavy atom. The van der Waals surface area contributed by atoms with Crippen LogP contribution < -0.4 is 4.74 Å². The average molecular weight is 382 g/mol. The second kappa shape index (κ2) is 8.40. The van der Waals surface area contributed by atoms with Crippen LogP contribution in [-0.4, -0.2) is 17.7 Å². The quantitative estimate of drug-likeness (QED) is 0.421. The summed E-state index contributed by atoms with van der Waals surface area (Å²) in [5, 5.41) is 1.96. The van der Waals surface area contributed by atoms with Gasteiger partial charge in [-0.2, -0.15) is 0 Å². The van der Waals surface area contributed by atoms with E-state index in [1.165, 1.54) is 11.8 Å². The number of benzene rings is 2. The Labute approximate surface area is 148 Å². The summed E-state index contributed by atoms with van der Waals surface area (Å²) in [5.74, 6) is 1.18. The molecule has 0 aliphatic heterocycles. The van der Waals surface area contributed by atoms with Crippen molar-refractivity contribution in [2.75, 3.05) is 12.5 Å². The van der Waals surface area contributed by atoms with Crippen LogP contribution in [0.15, 0.2) is 47.4 Å². The fraction of sp³-hybridized carbons (Fsp3) is 0.200. The van der Waals surface area contributed by atoms with E-state index in [9.17, 15) is 0 Å². The Balaban J connectivity index is 1.98. The number of ether oxygens (including phenoxy) is 1. The molecule has 0 N–H and O–H groups in total. The van der Waals surface area contributed by atoms with Crippen molar-refractivity contribution in [3.63, 3.8) is 0 Å². The molecule has 1 unspecified atom stereocenters. The van der Waals surface area contributed by atoms with Gasteiger partial charge in [-0.15, -0.1) is 23.4 Å². The highest BCUT2D eigenvalue weighted by atomic mass is 35.5. The molecule has 112 valence electrons. The molecule has 21 heavy (non-hydrogen) atoms. The third-order valence-electron chi connectivity index (χ3n) is 2.63. The van der Waals surface area contributed by atoms with E-state index in [0.29, 0.717) is 27.6 Å². The van der Waals surface area contributed by atoms with Crippen LogP contribution in [0, 0.1) is 0 Å². The lowest BCUT2D eigenvalue weighted by atomic mass is 10.3. The predicted octanol–water partition coefficient (Wildman–Crippen LogP) is 6.43. The fourth-order valence-electron chi connectivity index (χ4n) is 1.59. The van der Waals surface area contributed by atoms with Crippen LogP contribution in [0.4, 0.5) is 0 Å². The van der Waals surface area contributed by atoms with Gasteiger partial charge >= 0.3 is 0 Å². The van der Waals surface area contributed by atoms with Crippen molar-refractivity contribution in [3.05, 3.63) is 57.5 Å². The smallest absolute Gasteiger partial charge is 0.119 e. The van der Waals surface area contributed by atoms with Gasteiger partial charge in [0.1, 0.15) is 12.4 Å². The summed E-state index contributed by atoms with van der Waals surface area (Å²) in [6, 6.07) is 12.6. The van der Waals surface area contributed by atoms with Crippen LogP contribution in [0.25, 0.3) is 0 Å². The standard InChI is InChI=1S/C15H12Cl4OS/c16-8-12(9-20-11-6-4-10(17)5-7-11)21-15-13(18)2-1-3-14(15)19/h1-7,12H,8-9H2. The van der Waals surface area contributed by atoms with E-state index >= 15 is 0 Å². The van der Waals surface area contributed by atoms with E-state index in [2.05, 4.69) is 0 Å². The zero-order valence-corrected chi connectivity index (χ0v) is 14.7. The van der Waals surface area contributed by atoms with E-state index in [1.807, 2.05) is 18.2 Å². The number of halogens is 4. The molecule has 0 bridgehead atoms. The molecule has 2 aromatic rings. The normalized spacial score (nSPS) is 12.2. The lowest BCUT2D eigenvalue weighted by Gasteiger charge is -2.16. The lowest BCUT2D eigenvalue weighted by Crippen LogP contribution is -2.16. The highest BCUT2D eigenvalue weighted by Gasteiger charge is 2.15. The highest BCUT2D eigenvalue weighted by Crippen LogP contribution is 2.36. The van der Waals surface area contributed by atoms with Gasteiger partial charge in [0.15, 0.2) is 0 Å². The van der Waals surface area contributed by atoms with Gasteiger partial charge in [-0.1, -0.05) is 40.9 Å². The van der Waals surface area contributed by atoms with E-state index in [0.717, 1.165) is 10.6 Å². The molecule has 1 atom stereocenters. The van der Waals surface area contributed by atoms with Crippen molar-refractivity contribution >= 4 is 58.2 Å². The first kappa shape index (κ1) is 17.1. The molecule has 0 saturated heterocycles. The van der Waals surface area contributed by atoms with Crippen molar-refractivity contribution in [2.45, 2.75) is 10.1 Å². The van der Waals surface area contributed by atoms with Crippen LogP contribution in [-0.2, 0) is 0 Å². The summed E-state index contributed by atoms with van der Waals surface area (Å²) in [4.78, 5) is 0.825. The first-order valence-electron chi connectivity index (χ1n) is 6.15. The summed E-state index contributed by atoms with van der Waals surface area (Å²) in [6.07, 6.45) is 0. The Bertz CT molecular complexity index is 568. The van der Waals surface area contributed by atoms with Gasteiger partial charge in [0.25, 0.3) is 0 Å². The molecule has 2 aromatic carbocycles. The minimum atomic E-state index is 0.0414.